The quantitative estimate of drug-likeness (QED) is 0.487. The summed E-state index contributed by atoms with van der Waals surface area (Å²) in [6.45, 7) is 2.49. The fourth-order valence-electron chi connectivity index (χ4n) is 2.75. The highest BCUT2D eigenvalue weighted by atomic mass is 14.4. The molecule has 0 heteroatoms. The smallest absolute Gasteiger partial charge is 0.0257 e. The highest BCUT2D eigenvalue weighted by Crippen LogP contribution is 2.44. The zero-order chi connectivity index (χ0) is 9.15. The van der Waals surface area contributed by atoms with E-state index >= 15 is 0 Å². The molecule has 0 fully saturated rings. The molecule has 0 saturated carbocycles. The minimum absolute atomic E-state index is 0. The molecule has 0 spiro atoms. The van der Waals surface area contributed by atoms with Gasteiger partial charge in [-0.3, -0.25) is 0 Å². The maximum atomic E-state index is 2.49. The van der Waals surface area contributed by atoms with E-state index in [2.05, 4.69) is 31.2 Å². The van der Waals surface area contributed by atoms with Gasteiger partial charge in [0.15, 0.2) is 0 Å². The normalized spacial score (nSPS) is 36.5. The molecule has 0 aliphatic heterocycles. The summed E-state index contributed by atoms with van der Waals surface area (Å²) in [6.07, 6.45) is 17.6. The molecule has 0 radical (unpaired) electrons. The lowest BCUT2D eigenvalue weighted by Gasteiger charge is -2.40. The zero-order valence-electron chi connectivity index (χ0n) is 8.63. The van der Waals surface area contributed by atoms with Gasteiger partial charge in [-0.05, 0) is 49.9 Å². The van der Waals surface area contributed by atoms with E-state index in [1.807, 2.05) is 0 Å². The molecule has 0 aromatic rings. The summed E-state index contributed by atoms with van der Waals surface area (Å²) < 4.78 is 0. The largest absolute Gasteiger partial charge is 0.0885 e. The Kier molecular flexibility index (Phi) is 3.97. The van der Waals surface area contributed by atoms with E-state index in [1.165, 1.54) is 38.5 Å². The predicted molar refractivity (Wildman–Crippen MR) is 64.3 cm³/mol. The topological polar surface area (TPSA) is 0 Å². The molecule has 0 aromatic heterocycles. The van der Waals surface area contributed by atoms with Crippen molar-refractivity contribution in [1.82, 2.24) is 0 Å². The van der Waals surface area contributed by atoms with Crippen molar-refractivity contribution in [2.24, 2.45) is 11.3 Å². The summed E-state index contributed by atoms with van der Waals surface area (Å²) in [7, 11) is 0. The SMILES string of the molecule is C.CC12CC=CCC1CC=CCCC2. The first-order valence-electron chi connectivity index (χ1n) is 5.61. The molecular weight excluding hydrogens is 168 g/mol. The Balaban J connectivity index is 0.000000980. The van der Waals surface area contributed by atoms with Crippen molar-refractivity contribution < 1.29 is 0 Å². The lowest BCUT2D eigenvalue weighted by molar-refractivity contribution is 0.158. The molecule has 0 saturated heterocycles. The van der Waals surface area contributed by atoms with E-state index < -0.39 is 0 Å². The molecule has 2 atom stereocenters. The lowest BCUT2D eigenvalue weighted by Crippen LogP contribution is -2.29. The number of hydrogen-bond donors (Lipinski definition) is 0. The highest BCUT2D eigenvalue weighted by molar-refractivity contribution is 5.04. The lowest BCUT2D eigenvalue weighted by atomic mass is 9.65. The molecule has 2 rings (SSSR count). The highest BCUT2D eigenvalue weighted by Gasteiger charge is 2.33. The van der Waals surface area contributed by atoms with Gasteiger partial charge in [0.05, 0.1) is 0 Å². The Morgan fingerprint density at radius 2 is 1.79 bits per heavy atom. The second-order valence-corrected chi connectivity index (χ2v) is 4.86. The Morgan fingerprint density at radius 3 is 2.57 bits per heavy atom. The van der Waals surface area contributed by atoms with Crippen LogP contribution in [0.4, 0.5) is 0 Å². The molecule has 0 N–H and O–H groups in total. The van der Waals surface area contributed by atoms with Gasteiger partial charge >= 0.3 is 0 Å². The monoisotopic (exact) mass is 192 g/mol. The van der Waals surface area contributed by atoms with Crippen molar-refractivity contribution in [3.63, 3.8) is 0 Å². The summed E-state index contributed by atoms with van der Waals surface area (Å²) in [5.74, 6) is 0.911. The first-order chi connectivity index (χ1) is 6.31. The van der Waals surface area contributed by atoms with Gasteiger partial charge in [-0.1, -0.05) is 38.7 Å². The average Bonchev–Trinajstić information content (AvgIpc) is 2.09. The zero-order valence-corrected chi connectivity index (χ0v) is 8.63. The maximum Gasteiger partial charge on any atom is -0.0257 e. The van der Waals surface area contributed by atoms with Crippen molar-refractivity contribution >= 4 is 0 Å². The van der Waals surface area contributed by atoms with Gasteiger partial charge in [-0.2, -0.15) is 0 Å². The summed E-state index contributed by atoms with van der Waals surface area (Å²) >= 11 is 0. The average molecular weight is 192 g/mol. The predicted octanol–water partition coefficient (Wildman–Crippen LogP) is 4.73. The number of hydrogen-bond acceptors (Lipinski definition) is 0. The molecule has 0 bridgehead atoms. The molecule has 2 unspecified atom stereocenters. The number of allylic oxidation sites excluding steroid dienone is 4. The minimum Gasteiger partial charge on any atom is -0.0885 e. The first kappa shape index (κ1) is 11.6. The molecular formula is C14H24. The van der Waals surface area contributed by atoms with Gasteiger partial charge in [0, 0.05) is 0 Å². The van der Waals surface area contributed by atoms with Gasteiger partial charge in [-0.25, -0.2) is 0 Å². The Hall–Kier alpha value is -0.520. The van der Waals surface area contributed by atoms with Crippen LogP contribution < -0.4 is 0 Å². The van der Waals surface area contributed by atoms with E-state index in [1.54, 1.807) is 0 Å². The van der Waals surface area contributed by atoms with Crippen LogP contribution in [-0.4, -0.2) is 0 Å². The molecule has 80 valence electrons. The Bertz CT molecular complexity index is 224. The van der Waals surface area contributed by atoms with Gasteiger partial charge in [-0.15, -0.1) is 0 Å². The van der Waals surface area contributed by atoms with Crippen LogP contribution in [0.25, 0.3) is 0 Å². The number of fused-ring (bicyclic) bond motifs is 1. The van der Waals surface area contributed by atoms with Crippen molar-refractivity contribution in [2.45, 2.75) is 52.9 Å². The Labute approximate surface area is 89.1 Å². The molecule has 0 aromatic carbocycles. The van der Waals surface area contributed by atoms with Crippen molar-refractivity contribution in [1.29, 1.82) is 0 Å². The molecule has 2 aliphatic carbocycles. The summed E-state index contributed by atoms with van der Waals surface area (Å²) in [5, 5.41) is 0. The van der Waals surface area contributed by atoms with Crippen molar-refractivity contribution in [3.05, 3.63) is 24.3 Å². The van der Waals surface area contributed by atoms with Gasteiger partial charge in [0.1, 0.15) is 0 Å². The fourth-order valence-corrected chi connectivity index (χ4v) is 2.75. The van der Waals surface area contributed by atoms with Gasteiger partial charge in [0.2, 0.25) is 0 Å². The van der Waals surface area contributed by atoms with Crippen LogP contribution in [0.2, 0.25) is 0 Å². The van der Waals surface area contributed by atoms with E-state index in [0.29, 0.717) is 5.41 Å². The second kappa shape index (κ2) is 4.82. The standard InChI is InChI=1S/C13H20.CH4/c1-13-10-6-3-2-4-8-12(13)9-5-7-11-13;/h2,4-5,7,12H,3,6,8-11H2,1H3;1H4. The van der Waals surface area contributed by atoms with Crippen LogP contribution in [0, 0.1) is 11.3 Å². The fraction of sp³-hybridized carbons (Fsp3) is 0.714. The third-order valence-electron chi connectivity index (χ3n) is 3.86. The maximum absolute atomic E-state index is 2.49. The third-order valence-corrected chi connectivity index (χ3v) is 3.86. The van der Waals surface area contributed by atoms with E-state index in [9.17, 15) is 0 Å². The summed E-state index contributed by atoms with van der Waals surface area (Å²) in [4.78, 5) is 0. The third kappa shape index (κ3) is 2.29. The van der Waals surface area contributed by atoms with E-state index in [-0.39, 0.29) is 7.43 Å². The van der Waals surface area contributed by atoms with E-state index in [4.69, 9.17) is 0 Å². The Morgan fingerprint density at radius 1 is 1.07 bits per heavy atom. The molecule has 0 heterocycles. The van der Waals surface area contributed by atoms with Crippen LogP contribution in [0.1, 0.15) is 52.9 Å². The molecule has 0 amide bonds. The summed E-state index contributed by atoms with van der Waals surface area (Å²) in [5.41, 5.74) is 0.611. The van der Waals surface area contributed by atoms with Gasteiger partial charge < -0.3 is 0 Å². The minimum atomic E-state index is 0. The second-order valence-electron chi connectivity index (χ2n) is 4.86. The van der Waals surface area contributed by atoms with Crippen LogP contribution >= 0.6 is 0 Å². The van der Waals surface area contributed by atoms with Gasteiger partial charge in [0.25, 0.3) is 0 Å². The van der Waals surface area contributed by atoms with Crippen LogP contribution in [-0.2, 0) is 0 Å². The van der Waals surface area contributed by atoms with Crippen molar-refractivity contribution in [2.75, 3.05) is 0 Å². The molecule has 0 nitrogen and oxygen atoms in total. The number of rotatable bonds is 0. The van der Waals surface area contributed by atoms with Crippen molar-refractivity contribution in [3.8, 4) is 0 Å². The van der Waals surface area contributed by atoms with Crippen LogP contribution in [0.5, 0.6) is 0 Å². The molecule has 14 heavy (non-hydrogen) atoms. The molecule has 2 aliphatic rings. The van der Waals surface area contributed by atoms with Crippen LogP contribution in [0.15, 0.2) is 24.3 Å². The van der Waals surface area contributed by atoms with E-state index in [0.717, 1.165) is 5.92 Å². The summed E-state index contributed by atoms with van der Waals surface area (Å²) in [6, 6.07) is 0. The van der Waals surface area contributed by atoms with Crippen LogP contribution in [0.3, 0.4) is 0 Å². The first-order valence-corrected chi connectivity index (χ1v) is 5.61.